The van der Waals surface area contributed by atoms with E-state index in [1.807, 2.05) is 0 Å². The van der Waals surface area contributed by atoms with E-state index < -0.39 is 8.80 Å². The molecular weight excluding hydrogens is 206 g/mol. The molecule has 0 aromatic rings. The second kappa shape index (κ2) is 10.2. The summed E-state index contributed by atoms with van der Waals surface area (Å²) in [6.07, 6.45) is 0.877. The molecule has 0 heterocycles. The highest BCUT2D eigenvalue weighted by molar-refractivity contribution is 6.60. The van der Waals surface area contributed by atoms with Gasteiger partial charge in [0.05, 0.1) is 0 Å². The lowest BCUT2D eigenvalue weighted by atomic mass is 10.5. The second-order valence-electron chi connectivity index (χ2n) is 2.19. The van der Waals surface area contributed by atoms with Crippen molar-refractivity contribution in [3.8, 4) is 0 Å². The van der Waals surface area contributed by atoms with Gasteiger partial charge in [0.2, 0.25) is 10.1 Å². The Morgan fingerprint density at radius 2 is 1.54 bits per heavy atom. The van der Waals surface area contributed by atoms with E-state index in [0.29, 0.717) is 16.7 Å². The lowest BCUT2D eigenvalue weighted by molar-refractivity contribution is 0.123. The van der Waals surface area contributed by atoms with Crippen molar-refractivity contribution in [2.45, 2.75) is 12.5 Å². The Bertz CT molecular complexity index is 105. The topological polar surface area (TPSA) is 70.8 Å². The smallest absolute Gasteiger partial charge is 0.396 e. The quantitative estimate of drug-likeness (QED) is 0.598. The van der Waals surface area contributed by atoms with Crippen molar-refractivity contribution in [1.82, 2.24) is 0 Å². The van der Waals surface area contributed by atoms with Crippen LogP contribution in [0.2, 0.25) is 6.04 Å². The molecule has 0 radical (unpaired) electrons. The fourth-order valence-electron chi connectivity index (χ4n) is 0.875. The molecule has 0 saturated carbocycles. The monoisotopic (exact) mass is 225 g/mol. The molecule has 0 spiro atoms. The first kappa shape index (κ1) is 15.5. The minimum atomic E-state index is -2.32. The summed E-state index contributed by atoms with van der Waals surface area (Å²) in [6, 6.07) is 0.785. The highest BCUT2D eigenvalue weighted by atomic mass is 28.4. The van der Waals surface area contributed by atoms with Gasteiger partial charge in [0.15, 0.2) is 0 Å². The Labute approximate surface area is 83.4 Å². The van der Waals surface area contributed by atoms with Crippen LogP contribution in [0.5, 0.6) is 0 Å². The van der Waals surface area contributed by atoms with Crippen molar-refractivity contribution in [3.05, 3.63) is 0 Å². The van der Waals surface area contributed by atoms with Crippen molar-refractivity contribution in [3.63, 3.8) is 0 Å². The summed E-state index contributed by atoms with van der Waals surface area (Å²) in [5.41, 5.74) is 5.36. The fourth-order valence-corrected chi connectivity index (χ4v) is 2.62. The predicted molar refractivity (Wildman–Crippen MR) is 54.5 cm³/mol. The third-order valence-corrected chi connectivity index (χ3v) is 4.45. The first-order valence-electron chi connectivity index (χ1n) is 3.89. The predicted octanol–water partition coefficient (Wildman–Crippen LogP) is -0.822. The van der Waals surface area contributed by atoms with Crippen LogP contribution in [0, 0.1) is 0 Å². The van der Waals surface area contributed by atoms with Crippen LogP contribution >= 0.6 is 0 Å². The van der Waals surface area contributed by atoms with Crippen molar-refractivity contribution in [1.29, 1.82) is 0 Å². The van der Waals surface area contributed by atoms with Crippen LogP contribution in [-0.4, -0.2) is 46.8 Å². The molecule has 0 fully saturated rings. The summed E-state index contributed by atoms with van der Waals surface area (Å²) in [4.78, 5) is 0. The zero-order chi connectivity index (χ0) is 10.7. The van der Waals surface area contributed by atoms with Gasteiger partial charge in [-0.3, -0.25) is 0 Å². The van der Waals surface area contributed by atoms with E-state index in [1.54, 1.807) is 21.3 Å². The van der Waals surface area contributed by atoms with Gasteiger partial charge in [-0.2, -0.15) is 0 Å². The number of hydrogen-bond donors (Lipinski definition) is 1. The summed E-state index contributed by atoms with van der Waals surface area (Å²) in [5.74, 6) is 0. The second-order valence-corrected chi connectivity index (χ2v) is 5.28. The van der Waals surface area contributed by atoms with Crippen LogP contribution in [0.1, 0.15) is 6.42 Å². The van der Waals surface area contributed by atoms with Crippen LogP contribution in [0.3, 0.4) is 0 Å². The molecule has 5 nitrogen and oxygen atoms in total. The highest BCUT2D eigenvalue weighted by Gasteiger charge is 2.36. The molecular formula is C6H19NO4Si2. The van der Waals surface area contributed by atoms with Gasteiger partial charge in [0, 0.05) is 27.4 Å². The van der Waals surface area contributed by atoms with E-state index in [9.17, 15) is 0 Å². The Morgan fingerprint density at radius 3 is 1.77 bits per heavy atom. The van der Waals surface area contributed by atoms with Crippen molar-refractivity contribution >= 4 is 18.9 Å². The first-order chi connectivity index (χ1) is 6.24. The molecule has 0 aromatic carbocycles. The zero-order valence-electron chi connectivity index (χ0n) is 8.54. The summed E-state index contributed by atoms with van der Waals surface area (Å²) in [5, 5.41) is 0. The van der Waals surface area contributed by atoms with Gasteiger partial charge >= 0.3 is 8.80 Å². The maximum absolute atomic E-state index is 8.28. The van der Waals surface area contributed by atoms with Crippen molar-refractivity contribution in [2.75, 3.05) is 27.9 Å². The third kappa shape index (κ3) is 6.19. The lowest BCUT2D eigenvalue weighted by Gasteiger charge is -2.23. The molecule has 0 rings (SSSR count). The molecule has 7 heteroatoms. The van der Waals surface area contributed by atoms with Crippen LogP contribution in [0.25, 0.3) is 0 Å². The minimum Gasteiger partial charge on any atom is -0.396 e. The molecule has 2 N–H and O–H groups in total. The normalized spacial score (nSPS) is 10.5. The lowest BCUT2D eigenvalue weighted by Crippen LogP contribution is -2.42. The average molecular weight is 225 g/mol. The number of nitrogens with two attached hydrogens (primary N) is 1. The van der Waals surface area contributed by atoms with E-state index in [1.165, 1.54) is 0 Å². The third-order valence-electron chi connectivity index (χ3n) is 1.62. The van der Waals surface area contributed by atoms with Crippen LogP contribution in [0.15, 0.2) is 0 Å². The molecule has 13 heavy (non-hydrogen) atoms. The Kier molecular flexibility index (Phi) is 12.1. The van der Waals surface area contributed by atoms with Crippen molar-refractivity contribution in [2.24, 2.45) is 5.73 Å². The molecule has 80 valence electrons. The average Bonchev–Trinajstić information content (AvgIpc) is 2.24. The van der Waals surface area contributed by atoms with Crippen LogP contribution in [0.4, 0.5) is 0 Å². The summed E-state index contributed by atoms with van der Waals surface area (Å²) in [6.45, 7) is 0.644. The van der Waals surface area contributed by atoms with Crippen LogP contribution in [-0.2, 0) is 17.7 Å². The first-order valence-corrected chi connectivity index (χ1v) is 6.40. The zero-order valence-corrected chi connectivity index (χ0v) is 11.0. The molecule has 0 unspecified atom stereocenters. The number of rotatable bonds is 6. The maximum Gasteiger partial charge on any atom is 0.500 e. The molecule has 0 aliphatic carbocycles. The van der Waals surface area contributed by atoms with Gasteiger partial charge in [-0.15, -0.1) is 0 Å². The molecule has 0 atom stereocenters. The molecule has 0 aliphatic heterocycles. The molecule has 0 saturated heterocycles. The van der Waals surface area contributed by atoms with Gasteiger partial charge < -0.3 is 23.5 Å². The van der Waals surface area contributed by atoms with Gasteiger partial charge in [0.25, 0.3) is 0 Å². The van der Waals surface area contributed by atoms with Gasteiger partial charge in [-0.05, 0) is 13.0 Å². The van der Waals surface area contributed by atoms with Crippen LogP contribution < -0.4 is 5.73 Å². The van der Waals surface area contributed by atoms with Gasteiger partial charge in [0.1, 0.15) is 0 Å². The Morgan fingerprint density at radius 1 is 1.15 bits per heavy atom. The summed E-state index contributed by atoms with van der Waals surface area (Å²) in [7, 11) is 3.11. The van der Waals surface area contributed by atoms with E-state index >= 15 is 0 Å². The minimum absolute atomic E-state index is 0.611. The van der Waals surface area contributed by atoms with E-state index in [4.69, 9.17) is 23.5 Å². The van der Waals surface area contributed by atoms with Gasteiger partial charge in [-0.1, -0.05) is 0 Å². The standard InChI is InChI=1S/C6H17NO3Si.H2OSi/c1-8-11(9-2,10-3)6-4-5-7;1-2/h4-7H2,1-3H3;2H2. The molecule has 0 amide bonds. The maximum atomic E-state index is 8.28. The molecule has 0 bridgehead atoms. The van der Waals surface area contributed by atoms with Crippen molar-refractivity contribution < 1.29 is 17.7 Å². The Hall–Kier alpha value is 0.0738. The van der Waals surface area contributed by atoms with Gasteiger partial charge in [-0.25, -0.2) is 0 Å². The molecule has 0 aliphatic rings. The number of hydrogen-bond acceptors (Lipinski definition) is 5. The highest BCUT2D eigenvalue weighted by Crippen LogP contribution is 2.13. The molecule has 0 aromatic heterocycles. The van der Waals surface area contributed by atoms with E-state index in [0.717, 1.165) is 12.5 Å². The fraction of sp³-hybridized carbons (Fsp3) is 1.00. The summed E-state index contributed by atoms with van der Waals surface area (Å²) < 4.78 is 23.8. The summed E-state index contributed by atoms with van der Waals surface area (Å²) >= 11 is 0. The van der Waals surface area contributed by atoms with E-state index in [2.05, 4.69) is 0 Å². The SMILES string of the molecule is CO[Si](CCCN)(OC)OC.O=[SiH2]. The van der Waals surface area contributed by atoms with E-state index in [-0.39, 0.29) is 0 Å². The Balaban J connectivity index is 0. The largest absolute Gasteiger partial charge is 0.500 e.